The van der Waals surface area contributed by atoms with E-state index in [2.05, 4.69) is 20.9 Å². The molecule has 3 N–H and O–H groups in total. The number of halogens is 1. The van der Waals surface area contributed by atoms with Crippen LogP contribution in [0, 0.1) is 5.82 Å². The number of hydrogen-bond acceptors (Lipinski definition) is 6. The van der Waals surface area contributed by atoms with Crippen LogP contribution in [0.2, 0.25) is 0 Å². The zero-order valence-electron chi connectivity index (χ0n) is 22.2. The summed E-state index contributed by atoms with van der Waals surface area (Å²) in [5.41, 5.74) is 2.43. The molecule has 2 aromatic heterocycles. The second-order valence-electron chi connectivity index (χ2n) is 9.10. The highest BCUT2D eigenvalue weighted by Gasteiger charge is 2.17. The first-order chi connectivity index (χ1) is 19.2. The molecule has 2 heterocycles. The predicted molar refractivity (Wildman–Crippen MR) is 150 cm³/mol. The molecule has 0 radical (unpaired) electrons. The first-order valence-electron chi connectivity index (χ1n) is 12.5. The van der Waals surface area contributed by atoms with Gasteiger partial charge in [0.15, 0.2) is 5.78 Å². The smallest absolute Gasteiger partial charge is 0.275 e. The summed E-state index contributed by atoms with van der Waals surface area (Å²) >= 11 is 0. The summed E-state index contributed by atoms with van der Waals surface area (Å²) in [6.07, 6.45) is 2.95. The number of nitrogens with one attached hydrogen (secondary N) is 3. The van der Waals surface area contributed by atoms with Crippen molar-refractivity contribution in [2.75, 3.05) is 19.4 Å². The number of hydrogen-bond donors (Lipinski definition) is 3. The molecule has 2 aromatic carbocycles. The minimum atomic E-state index is -0.525. The number of carbonyl (C=O) groups is 3. The highest BCUT2D eigenvalue weighted by molar-refractivity contribution is 6.08. The van der Waals surface area contributed by atoms with Crippen molar-refractivity contribution >= 4 is 23.3 Å². The minimum Gasteiger partial charge on any atom is -0.355 e. The van der Waals surface area contributed by atoms with Gasteiger partial charge in [-0.3, -0.25) is 24.2 Å². The molecular weight excluding hydrogens is 513 g/mol. The molecule has 0 aliphatic carbocycles. The van der Waals surface area contributed by atoms with Gasteiger partial charge in [-0.05, 0) is 79.7 Å². The summed E-state index contributed by atoms with van der Waals surface area (Å²) in [4.78, 5) is 55.3. The van der Waals surface area contributed by atoms with E-state index >= 15 is 0 Å². The van der Waals surface area contributed by atoms with E-state index in [1.807, 2.05) is 0 Å². The minimum absolute atomic E-state index is 0.0359. The number of pyridine rings is 2. The lowest BCUT2D eigenvalue weighted by atomic mass is 10.0. The quantitative estimate of drug-likeness (QED) is 0.280. The summed E-state index contributed by atoms with van der Waals surface area (Å²) in [6, 6.07) is 16.3. The molecule has 40 heavy (non-hydrogen) atoms. The third kappa shape index (κ3) is 6.19. The van der Waals surface area contributed by atoms with Gasteiger partial charge in [0.05, 0.1) is 18.3 Å². The van der Waals surface area contributed by atoms with E-state index in [0.717, 1.165) is 0 Å². The molecule has 0 aliphatic rings. The summed E-state index contributed by atoms with van der Waals surface area (Å²) in [5, 5.41) is 8.07. The van der Waals surface area contributed by atoms with Gasteiger partial charge in [0.1, 0.15) is 11.5 Å². The van der Waals surface area contributed by atoms with Gasteiger partial charge in [0.25, 0.3) is 11.5 Å². The normalized spacial score (nSPS) is 11.5. The van der Waals surface area contributed by atoms with E-state index in [-0.39, 0.29) is 35.4 Å². The Hall–Kier alpha value is -4.96. The third-order valence-corrected chi connectivity index (χ3v) is 6.43. The molecule has 0 saturated heterocycles. The molecule has 4 rings (SSSR count). The Bertz CT molecular complexity index is 1610. The number of rotatable bonds is 9. The van der Waals surface area contributed by atoms with Crippen LogP contribution in [0.5, 0.6) is 0 Å². The predicted octanol–water partition coefficient (Wildman–Crippen LogP) is 3.23. The Morgan fingerprint density at radius 3 is 2.23 bits per heavy atom. The van der Waals surface area contributed by atoms with E-state index in [1.54, 1.807) is 63.6 Å². The average molecular weight is 542 g/mol. The maximum atomic E-state index is 13.6. The summed E-state index contributed by atoms with van der Waals surface area (Å²) in [5.74, 6) is -1.40. The molecule has 10 heteroatoms. The SMILES string of the molecule is CNC(=O)c1ccc(-c2ccc(NC(=O)C(C)NC)c(=O)n2Cc2cncc(C(=O)c3ccc(F)cc3)c2)cc1. The number of nitrogens with zero attached hydrogens (tertiary/aromatic N) is 2. The summed E-state index contributed by atoms with van der Waals surface area (Å²) < 4.78 is 14.8. The number of anilines is 1. The van der Waals surface area contributed by atoms with Crippen LogP contribution in [0.3, 0.4) is 0 Å². The molecule has 1 atom stereocenters. The average Bonchev–Trinajstić information content (AvgIpc) is 2.98. The van der Waals surface area contributed by atoms with Gasteiger partial charge in [-0.1, -0.05) is 12.1 Å². The monoisotopic (exact) mass is 541 g/mol. The fraction of sp³-hybridized carbons (Fsp3) is 0.167. The standard InChI is InChI=1S/C30H28FN5O4/c1-18(32-2)28(38)35-25-12-13-26(20-4-6-22(7-5-20)29(39)33-3)36(30(25)40)17-19-14-23(16-34-15-19)27(37)21-8-10-24(31)11-9-21/h4-16,18,32H,17H2,1-3H3,(H,33,39)(H,35,38). The van der Waals surface area contributed by atoms with E-state index in [4.69, 9.17) is 0 Å². The van der Waals surface area contributed by atoms with Crippen LogP contribution in [0.25, 0.3) is 11.3 Å². The van der Waals surface area contributed by atoms with E-state index < -0.39 is 17.4 Å². The summed E-state index contributed by atoms with van der Waals surface area (Å²) in [6.45, 7) is 1.71. The number of amides is 2. The van der Waals surface area contributed by atoms with Crippen LogP contribution in [0.15, 0.2) is 83.9 Å². The number of ketones is 1. The molecule has 0 fully saturated rings. The molecule has 9 nitrogen and oxygen atoms in total. The van der Waals surface area contributed by atoms with Crippen LogP contribution in [0.4, 0.5) is 10.1 Å². The molecule has 0 aliphatic heterocycles. The first kappa shape index (κ1) is 28.1. The van der Waals surface area contributed by atoms with Gasteiger partial charge in [-0.25, -0.2) is 4.39 Å². The summed E-state index contributed by atoms with van der Waals surface area (Å²) in [7, 11) is 3.18. The van der Waals surface area contributed by atoms with Crippen molar-refractivity contribution in [2.24, 2.45) is 0 Å². The van der Waals surface area contributed by atoms with Gasteiger partial charge in [-0.2, -0.15) is 0 Å². The molecule has 4 aromatic rings. The van der Waals surface area contributed by atoms with E-state index in [1.165, 1.54) is 41.1 Å². The van der Waals surface area contributed by atoms with Crippen molar-refractivity contribution in [1.82, 2.24) is 20.2 Å². The van der Waals surface area contributed by atoms with E-state index in [9.17, 15) is 23.6 Å². The highest BCUT2D eigenvalue weighted by atomic mass is 19.1. The molecule has 0 saturated carbocycles. The number of benzene rings is 2. The number of carbonyl (C=O) groups excluding carboxylic acids is 3. The zero-order valence-corrected chi connectivity index (χ0v) is 22.2. The Morgan fingerprint density at radius 1 is 0.900 bits per heavy atom. The molecule has 1 unspecified atom stereocenters. The molecular formula is C30H28FN5O4. The van der Waals surface area contributed by atoms with Gasteiger partial charge >= 0.3 is 0 Å². The Morgan fingerprint density at radius 2 is 1.57 bits per heavy atom. The first-order valence-corrected chi connectivity index (χ1v) is 12.5. The molecule has 2 amide bonds. The van der Waals surface area contributed by atoms with Gasteiger partial charge in [0.2, 0.25) is 5.91 Å². The maximum absolute atomic E-state index is 13.6. The van der Waals surface area contributed by atoms with Crippen LogP contribution in [-0.4, -0.2) is 47.3 Å². The fourth-order valence-corrected chi connectivity index (χ4v) is 4.04. The largest absolute Gasteiger partial charge is 0.355 e. The number of likely N-dealkylation sites (N-methyl/N-ethyl adjacent to an activating group) is 1. The molecule has 0 bridgehead atoms. The third-order valence-electron chi connectivity index (χ3n) is 6.43. The van der Waals surface area contributed by atoms with Gasteiger partial charge < -0.3 is 20.5 Å². The van der Waals surface area contributed by atoms with Crippen LogP contribution in [0.1, 0.15) is 38.8 Å². The van der Waals surface area contributed by atoms with Crippen LogP contribution in [-0.2, 0) is 11.3 Å². The fourth-order valence-electron chi connectivity index (χ4n) is 4.04. The van der Waals surface area contributed by atoms with Crippen LogP contribution < -0.4 is 21.5 Å². The Labute approximate surface area is 230 Å². The highest BCUT2D eigenvalue weighted by Crippen LogP contribution is 2.22. The lowest BCUT2D eigenvalue weighted by Gasteiger charge is -2.17. The molecule has 0 spiro atoms. The topological polar surface area (TPSA) is 122 Å². The van der Waals surface area contributed by atoms with Crippen molar-refractivity contribution in [2.45, 2.75) is 19.5 Å². The maximum Gasteiger partial charge on any atom is 0.275 e. The second kappa shape index (κ2) is 12.3. The van der Waals surface area contributed by atoms with Crippen molar-refractivity contribution in [3.63, 3.8) is 0 Å². The molecule has 204 valence electrons. The van der Waals surface area contributed by atoms with Crippen molar-refractivity contribution < 1.29 is 18.8 Å². The zero-order chi connectivity index (χ0) is 28.8. The Kier molecular flexibility index (Phi) is 8.60. The van der Waals surface area contributed by atoms with Crippen molar-refractivity contribution in [3.05, 3.63) is 118 Å². The lowest BCUT2D eigenvalue weighted by Crippen LogP contribution is -2.37. The Balaban J connectivity index is 1.75. The van der Waals surface area contributed by atoms with Gasteiger partial charge in [-0.15, -0.1) is 0 Å². The van der Waals surface area contributed by atoms with E-state index in [0.29, 0.717) is 27.9 Å². The van der Waals surface area contributed by atoms with Gasteiger partial charge in [0, 0.05) is 36.1 Å². The second-order valence-corrected chi connectivity index (χ2v) is 9.10. The van der Waals surface area contributed by atoms with Crippen molar-refractivity contribution in [3.8, 4) is 11.3 Å². The van der Waals surface area contributed by atoms with Crippen LogP contribution >= 0.6 is 0 Å². The lowest BCUT2D eigenvalue weighted by molar-refractivity contribution is -0.117. The number of aromatic nitrogens is 2. The van der Waals surface area contributed by atoms with Crippen molar-refractivity contribution in [1.29, 1.82) is 0 Å².